The van der Waals surface area contributed by atoms with Crippen molar-refractivity contribution in [3.8, 4) is 0 Å². The van der Waals surface area contributed by atoms with Crippen LogP contribution in [-0.2, 0) is 4.74 Å². The van der Waals surface area contributed by atoms with Gasteiger partial charge in [0.15, 0.2) is 0 Å². The molecule has 1 aromatic heterocycles. The summed E-state index contributed by atoms with van der Waals surface area (Å²) in [5, 5.41) is 4.68. The lowest BCUT2D eigenvalue weighted by Gasteiger charge is -2.21. The second-order valence-corrected chi connectivity index (χ2v) is 5.23. The minimum atomic E-state index is 0.166. The molecule has 0 spiro atoms. The molecule has 1 fully saturated rings. The van der Waals surface area contributed by atoms with Crippen molar-refractivity contribution in [2.75, 3.05) is 13.2 Å². The van der Waals surface area contributed by atoms with Crippen molar-refractivity contribution in [2.45, 2.75) is 38.8 Å². The van der Waals surface area contributed by atoms with Crippen LogP contribution in [0.2, 0.25) is 0 Å². The molecule has 2 unspecified atom stereocenters. The third-order valence-electron chi connectivity index (χ3n) is 3.83. The van der Waals surface area contributed by atoms with Gasteiger partial charge < -0.3 is 14.5 Å². The number of hydrogen-bond acceptors (Lipinski definition) is 3. The van der Waals surface area contributed by atoms with Crippen LogP contribution in [0.3, 0.4) is 0 Å². The van der Waals surface area contributed by atoms with Crippen LogP contribution >= 0.6 is 0 Å². The molecule has 0 aliphatic carbocycles. The number of ether oxygens (including phenoxy) is 1. The van der Waals surface area contributed by atoms with E-state index in [1.807, 2.05) is 0 Å². The Labute approximate surface area is 113 Å². The normalized spacial score (nSPS) is 21.1. The zero-order valence-electron chi connectivity index (χ0n) is 11.6. The van der Waals surface area contributed by atoms with Crippen molar-refractivity contribution < 1.29 is 9.15 Å². The SMILES string of the molecule is CCNC(c1cc2cccc(C)c2o1)C1CCCO1. The van der Waals surface area contributed by atoms with E-state index in [1.165, 1.54) is 10.9 Å². The number of furan rings is 1. The summed E-state index contributed by atoms with van der Waals surface area (Å²) in [4.78, 5) is 0. The molecule has 102 valence electrons. The molecule has 1 saturated heterocycles. The average molecular weight is 259 g/mol. The summed E-state index contributed by atoms with van der Waals surface area (Å²) in [6.07, 6.45) is 2.49. The van der Waals surface area contributed by atoms with Crippen LogP contribution < -0.4 is 5.32 Å². The maximum Gasteiger partial charge on any atom is 0.137 e. The number of rotatable bonds is 4. The zero-order chi connectivity index (χ0) is 13.2. The van der Waals surface area contributed by atoms with E-state index in [4.69, 9.17) is 9.15 Å². The zero-order valence-corrected chi connectivity index (χ0v) is 11.6. The van der Waals surface area contributed by atoms with Crippen LogP contribution in [0.25, 0.3) is 11.0 Å². The highest BCUT2D eigenvalue weighted by molar-refractivity contribution is 5.81. The first-order chi connectivity index (χ1) is 9.29. The topological polar surface area (TPSA) is 34.4 Å². The molecule has 2 aromatic rings. The third kappa shape index (κ3) is 2.40. The van der Waals surface area contributed by atoms with Crippen LogP contribution in [0.1, 0.15) is 37.1 Å². The van der Waals surface area contributed by atoms with Crippen molar-refractivity contribution >= 4 is 11.0 Å². The lowest BCUT2D eigenvalue weighted by Crippen LogP contribution is -2.31. The lowest BCUT2D eigenvalue weighted by molar-refractivity contribution is 0.0723. The van der Waals surface area contributed by atoms with Crippen molar-refractivity contribution in [3.05, 3.63) is 35.6 Å². The maximum atomic E-state index is 6.08. The van der Waals surface area contributed by atoms with Crippen molar-refractivity contribution in [1.82, 2.24) is 5.32 Å². The first-order valence-corrected chi connectivity index (χ1v) is 7.13. The highest BCUT2D eigenvalue weighted by atomic mass is 16.5. The molecular formula is C16H21NO2. The summed E-state index contributed by atoms with van der Waals surface area (Å²) in [7, 11) is 0. The molecule has 19 heavy (non-hydrogen) atoms. The van der Waals surface area contributed by atoms with Crippen LogP contribution in [0, 0.1) is 6.92 Å². The lowest BCUT2D eigenvalue weighted by atomic mass is 10.0. The molecule has 2 atom stereocenters. The van der Waals surface area contributed by atoms with Crippen LogP contribution in [0.5, 0.6) is 0 Å². The number of fused-ring (bicyclic) bond motifs is 1. The van der Waals surface area contributed by atoms with Gasteiger partial charge in [0.05, 0.1) is 12.1 Å². The molecule has 1 aromatic carbocycles. The molecule has 0 radical (unpaired) electrons. The van der Waals surface area contributed by atoms with E-state index >= 15 is 0 Å². The second kappa shape index (κ2) is 5.35. The number of nitrogens with one attached hydrogen (secondary N) is 1. The molecule has 3 nitrogen and oxygen atoms in total. The highest BCUT2D eigenvalue weighted by Crippen LogP contribution is 2.32. The van der Waals surface area contributed by atoms with Gasteiger partial charge >= 0.3 is 0 Å². The summed E-state index contributed by atoms with van der Waals surface area (Å²) >= 11 is 0. The maximum absolute atomic E-state index is 6.08. The Morgan fingerprint density at radius 3 is 3.00 bits per heavy atom. The Bertz CT molecular complexity index is 555. The van der Waals surface area contributed by atoms with Gasteiger partial charge in [-0.15, -0.1) is 0 Å². The predicted octanol–water partition coefficient (Wildman–Crippen LogP) is 3.57. The van der Waals surface area contributed by atoms with Gasteiger partial charge in [0.2, 0.25) is 0 Å². The quantitative estimate of drug-likeness (QED) is 0.911. The van der Waals surface area contributed by atoms with Gasteiger partial charge in [-0.2, -0.15) is 0 Å². The number of aryl methyl sites for hydroxylation is 1. The molecule has 1 N–H and O–H groups in total. The summed E-state index contributed by atoms with van der Waals surface area (Å²) in [6, 6.07) is 8.58. The summed E-state index contributed by atoms with van der Waals surface area (Å²) < 4.78 is 11.9. The van der Waals surface area contributed by atoms with Crippen molar-refractivity contribution in [1.29, 1.82) is 0 Å². The Hall–Kier alpha value is -1.32. The van der Waals surface area contributed by atoms with E-state index in [9.17, 15) is 0 Å². The molecule has 1 aliphatic rings. The molecule has 1 aliphatic heterocycles. The number of hydrogen-bond donors (Lipinski definition) is 1. The molecule has 0 amide bonds. The van der Waals surface area contributed by atoms with Gasteiger partial charge in [-0.1, -0.05) is 25.1 Å². The monoisotopic (exact) mass is 259 g/mol. The van der Waals surface area contributed by atoms with Crippen molar-refractivity contribution in [2.24, 2.45) is 0 Å². The fourth-order valence-corrected chi connectivity index (χ4v) is 2.88. The smallest absolute Gasteiger partial charge is 0.137 e. The minimum absolute atomic E-state index is 0.166. The number of benzene rings is 1. The van der Waals surface area contributed by atoms with E-state index in [0.717, 1.165) is 37.3 Å². The van der Waals surface area contributed by atoms with Gasteiger partial charge in [-0.3, -0.25) is 0 Å². The van der Waals surface area contributed by atoms with E-state index in [-0.39, 0.29) is 12.1 Å². The van der Waals surface area contributed by atoms with Gasteiger partial charge in [0.1, 0.15) is 11.3 Å². The fourth-order valence-electron chi connectivity index (χ4n) is 2.88. The Kier molecular flexibility index (Phi) is 3.58. The molecular weight excluding hydrogens is 238 g/mol. The van der Waals surface area contributed by atoms with E-state index in [0.29, 0.717) is 0 Å². The number of likely N-dealkylation sites (N-methyl/N-ethyl adjacent to an activating group) is 1. The molecule has 2 heterocycles. The van der Waals surface area contributed by atoms with Gasteiger partial charge in [0, 0.05) is 12.0 Å². The van der Waals surface area contributed by atoms with Gasteiger partial charge in [0.25, 0.3) is 0 Å². The van der Waals surface area contributed by atoms with E-state index in [2.05, 4.69) is 43.4 Å². The van der Waals surface area contributed by atoms with E-state index < -0.39 is 0 Å². The van der Waals surface area contributed by atoms with E-state index in [1.54, 1.807) is 0 Å². The largest absolute Gasteiger partial charge is 0.459 e. The number of para-hydroxylation sites is 1. The second-order valence-electron chi connectivity index (χ2n) is 5.23. The van der Waals surface area contributed by atoms with Crippen LogP contribution in [-0.4, -0.2) is 19.3 Å². The van der Waals surface area contributed by atoms with Crippen LogP contribution in [0.4, 0.5) is 0 Å². The first kappa shape index (κ1) is 12.7. The van der Waals surface area contributed by atoms with Gasteiger partial charge in [-0.05, 0) is 37.9 Å². The highest BCUT2D eigenvalue weighted by Gasteiger charge is 2.29. The molecule has 0 bridgehead atoms. The Morgan fingerprint density at radius 1 is 1.42 bits per heavy atom. The molecule has 3 heteroatoms. The van der Waals surface area contributed by atoms with Crippen LogP contribution in [0.15, 0.2) is 28.7 Å². The predicted molar refractivity (Wildman–Crippen MR) is 76.3 cm³/mol. The summed E-state index contributed by atoms with van der Waals surface area (Å²) in [6.45, 7) is 5.99. The van der Waals surface area contributed by atoms with Gasteiger partial charge in [-0.25, -0.2) is 0 Å². The molecule has 3 rings (SSSR count). The fraction of sp³-hybridized carbons (Fsp3) is 0.500. The average Bonchev–Trinajstić information content (AvgIpc) is 3.05. The summed E-state index contributed by atoms with van der Waals surface area (Å²) in [5.74, 6) is 0.998. The third-order valence-corrected chi connectivity index (χ3v) is 3.83. The standard InChI is InChI=1S/C16H21NO2/c1-3-17-15(13-8-5-9-18-13)14-10-12-7-4-6-11(2)16(12)19-14/h4,6-7,10,13,15,17H,3,5,8-9H2,1-2H3. The summed E-state index contributed by atoms with van der Waals surface area (Å²) in [5.41, 5.74) is 2.18. The first-order valence-electron chi connectivity index (χ1n) is 7.13. The Balaban J connectivity index is 1.97. The molecule has 0 saturated carbocycles. The van der Waals surface area contributed by atoms with Crippen molar-refractivity contribution in [3.63, 3.8) is 0 Å². The Morgan fingerprint density at radius 2 is 2.32 bits per heavy atom. The minimum Gasteiger partial charge on any atom is -0.459 e.